The van der Waals surface area contributed by atoms with E-state index < -0.39 is 29.2 Å². The first-order valence-electron chi connectivity index (χ1n) is 9.38. The second-order valence-electron chi connectivity index (χ2n) is 7.42. The number of nitrogens with zero attached hydrogens (tertiary/aromatic N) is 1. The van der Waals surface area contributed by atoms with Crippen LogP contribution >= 0.6 is 11.3 Å². The molecule has 0 saturated carbocycles. The highest BCUT2D eigenvalue weighted by atomic mass is 32.1. The molecule has 9 heteroatoms. The Morgan fingerprint density at radius 2 is 2.00 bits per heavy atom. The summed E-state index contributed by atoms with van der Waals surface area (Å²) in [5.74, 6) is -1.08. The van der Waals surface area contributed by atoms with Crippen LogP contribution in [0.3, 0.4) is 0 Å². The van der Waals surface area contributed by atoms with E-state index in [2.05, 4.69) is 10.3 Å². The van der Waals surface area contributed by atoms with Gasteiger partial charge in [0.25, 0.3) is 5.91 Å². The first-order chi connectivity index (χ1) is 14.6. The summed E-state index contributed by atoms with van der Waals surface area (Å²) in [5.41, 5.74) is -0.458. The molecule has 0 saturated heterocycles. The van der Waals surface area contributed by atoms with Crippen LogP contribution in [0.2, 0.25) is 0 Å². The number of fused-ring (bicyclic) bond motifs is 1. The molecule has 160 valence electrons. The lowest BCUT2D eigenvalue weighted by atomic mass is 9.89. The Balaban J connectivity index is 1.46. The molecule has 5 nitrogen and oxygen atoms in total. The van der Waals surface area contributed by atoms with Crippen LogP contribution in [0.5, 0.6) is 0 Å². The van der Waals surface area contributed by atoms with E-state index in [4.69, 9.17) is 4.74 Å². The van der Waals surface area contributed by atoms with Gasteiger partial charge >= 0.3 is 12.1 Å². The van der Waals surface area contributed by atoms with Gasteiger partial charge < -0.3 is 4.74 Å². The first-order valence-corrected chi connectivity index (χ1v) is 10.2. The second kappa shape index (κ2) is 7.81. The van der Waals surface area contributed by atoms with E-state index in [-0.39, 0.29) is 18.0 Å². The van der Waals surface area contributed by atoms with Gasteiger partial charge in [-0.3, -0.25) is 10.1 Å². The number of halogens is 3. The fraction of sp³-hybridized carbons (Fsp3) is 0.227. The quantitative estimate of drug-likeness (QED) is 0.581. The molecule has 1 amide bonds. The van der Waals surface area contributed by atoms with Crippen LogP contribution in [-0.4, -0.2) is 22.5 Å². The maximum absolute atomic E-state index is 12.9. The number of rotatable bonds is 4. The van der Waals surface area contributed by atoms with Gasteiger partial charge in [0.1, 0.15) is 0 Å². The maximum Gasteiger partial charge on any atom is 0.416 e. The van der Waals surface area contributed by atoms with E-state index in [0.29, 0.717) is 16.0 Å². The van der Waals surface area contributed by atoms with Crippen molar-refractivity contribution < 1.29 is 27.5 Å². The average molecular weight is 446 g/mol. The number of esters is 1. The van der Waals surface area contributed by atoms with Crippen molar-refractivity contribution in [1.82, 2.24) is 4.98 Å². The van der Waals surface area contributed by atoms with Crippen LogP contribution in [0.4, 0.5) is 18.3 Å². The fourth-order valence-electron chi connectivity index (χ4n) is 3.39. The van der Waals surface area contributed by atoms with Gasteiger partial charge in [-0.05, 0) is 30.2 Å². The zero-order chi connectivity index (χ0) is 22.2. The third-order valence-corrected chi connectivity index (χ3v) is 5.88. The third-order valence-electron chi connectivity index (χ3n) is 4.97. The van der Waals surface area contributed by atoms with Crippen molar-refractivity contribution >= 4 is 28.3 Å². The molecule has 3 aromatic rings. The number of hydrogen-bond donors (Lipinski definition) is 1. The molecule has 1 aliphatic heterocycles. The molecule has 1 aromatic heterocycles. The molecule has 2 heterocycles. The first kappa shape index (κ1) is 21.0. The zero-order valence-electron chi connectivity index (χ0n) is 16.3. The van der Waals surface area contributed by atoms with Crippen molar-refractivity contribution in [2.75, 3.05) is 5.32 Å². The van der Waals surface area contributed by atoms with E-state index in [1.54, 1.807) is 30.3 Å². The Kier molecular flexibility index (Phi) is 5.30. The predicted molar refractivity (Wildman–Crippen MR) is 109 cm³/mol. The molecule has 1 N–H and O–H groups in total. The predicted octanol–water partition coefficient (Wildman–Crippen LogP) is 4.86. The summed E-state index contributed by atoms with van der Waals surface area (Å²) in [4.78, 5) is 29.9. The molecule has 0 aliphatic carbocycles. The van der Waals surface area contributed by atoms with Crippen LogP contribution in [0.1, 0.15) is 38.8 Å². The summed E-state index contributed by atoms with van der Waals surface area (Å²) < 4.78 is 44.1. The molecule has 1 atom stereocenters. The van der Waals surface area contributed by atoms with Gasteiger partial charge in [-0.25, -0.2) is 9.78 Å². The Bertz CT molecular complexity index is 1160. The topological polar surface area (TPSA) is 68.3 Å². The molecule has 1 aliphatic rings. The monoisotopic (exact) mass is 446 g/mol. The minimum atomic E-state index is -4.41. The molecule has 0 unspecified atom stereocenters. The van der Waals surface area contributed by atoms with E-state index in [0.717, 1.165) is 29.0 Å². The molecule has 2 aromatic carbocycles. The molecule has 31 heavy (non-hydrogen) atoms. The maximum atomic E-state index is 12.9. The number of cyclic esters (lactones) is 1. The van der Waals surface area contributed by atoms with Crippen LogP contribution in [0.15, 0.2) is 54.7 Å². The van der Waals surface area contributed by atoms with Crippen LogP contribution in [0, 0.1) is 0 Å². The molecule has 4 rings (SSSR count). The zero-order valence-corrected chi connectivity index (χ0v) is 17.1. The lowest BCUT2D eigenvalue weighted by molar-refractivity contribution is -0.137. The minimum Gasteiger partial charge on any atom is -0.445 e. The number of alkyl halides is 3. The number of aromatic nitrogens is 1. The summed E-state index contributed by atoms with van der Waals surface area (Å²) >= 11 is 1.15. The lowest BCUT2D eigenvalue weighted by Gasteiger charge is -2.32. The van der Waals surface area contributed by atoms with Crippen LogP contribution in [0.25, 0.3) is 0 Å². The Morgan fingerprint density at radius 3 is 2.77 bits per heavy atom. The Hall–Kier alpha value is -3.20. The smallest absolute Gasteiger partial charge is 0.416 e. The molecule has 0 spiro atoms. The number of anilines is 1. The normalized spacial score (nSPS) is 18.3. The van der Waals surface area contributed by atoms with Gasteiger partial charge in [0.2, 0.25) is 0 Å². The van der Waals surface area contributed by atoms with Crippen molar-refractivity contribution in [3.8, 4) is 0 Å². The molecular weight excluding hydrogens is 429 g/mol. The highest BCUT2D eigenvalue weighted by Gasteiger charge is 2.42. The van der Waals surface area contributed by atoms with Crippen molar-refractivity contribution in [2.24, 2.45) is 0 Å². The molecule has 0 bridgehead atoms. The second-order valence-corrected chi connectivity index (χ2v) is 8.53. The summed E-state index contributed by atoms with van der Waals surface area (Å²) in [6, 6.07) is 12.0. The highest BCUT2D eigenvalue weighted by Crippen LogP contribution is 2.32. The van der Waals surface area contributed by atoms with Crippen molar-refractivity contribution in [3.63, 3.8) is 0 Å². The number of carbonyl (C=O) groups excluding carboxylic acids is 2. The standard InChI is InChI=1S/C22H17F3N2O3S/c1-21(11-14-6-2-3-8-17(14)18(28)30-21)19(29)27-20-26-12-16(31-20)10-13-5-4-7-15(9-13)22(23,24)25/h2-9,12H,10-11H2,1H3,(H,26,27,29)/t21-/m1/s1. The van der Waals surface area contributed by atoms with Gasteiger partial charge in [0.15, 0.2) is 10.7 Å². The number of benzene rings is 2. The summed E-state index contributed by atoms with van der Waals surface area (Å²) in [6.45, 7) is 1.54. The summed E-state index contributed by atoms with van der Waals surface area (Å²) in [7, 11) is 0. The number of amides is 1. The van der Waals surface area contributed by atoms with Gasteiger partial charge in [0.05, 0.1) is 11.1 Å². The minimum absolute atomic E-state index is 0.225. The van der Waals surface area contributed by atoms with E-state index in [1.807, 2.05) is 0 Å². The molecule has 0 fully saturated rings. The number of carbonyl (C=O) groups is 2. The van der Waals surface area contributed by atoms with Gasteiger partial charge in [-0.15, -0.1) is 11.3 Å². The Morgan fingerprint density at radius 1 is 1.23 bits per heavy atom. The average Bonchev–Trinajstić information content (AvgIpc) is 3.14. The molecular formula is C22H17F3N2O3S. The van der Waals surface area contributed by atoms with E-state index in [9.17, 15) is 22.8 Å². The third kappa shape index (κ3) is 4.46. The van der Waals surface area contributed by atoms with Gasteiger partial charge in [-0.1, -0.05) is 36.4 Å². The summed E-state index contributed by atoms with van der Waals surface area (Å²) in [6.07, 6.45) is -2.43. The van der Waals surface area contributed by atoms with Gasteiger partial charge in [-0.2, -0.15) is 13.2 Å². The van der Waals surface area contributed by atoms with Gasteiger partial charge in [0, 0.05) is 23.9 Å². The fourth-order valence-corrected chi connectivity index (χ4v) is 4.24. The van der Waals surface area contributed by atoms with Crippen LogP contribution < -0.4 is 5.32 Å². The SMILES string of the molecule is C[C@]1(C(=O)Nc2ncc(Cc3cccc(C(F)(F)F)c3)s2)Cc2ccccc2C(=O)O1. The van der Waals surface area contributed by atoms with Crippen molar-refractivity contribution in [1.29, 1.82) is 0 Å². The van der Waals surface area contributed by atoms with Crippen LogP contribution in [-0.2, 0) is 28.5 Å². The van der Waals surface area contributed by atoms with E-state index in [1.165, 1.54) is 19.2 Å². The van der Waals surface area contributed by atoms with Crippen molar-refractivity contribution in [2.45, 2.75) is 31.5 Å². The highest BCUT2D eigenvalue weighted by molar-refractivity contribution is 7.15. The Labute approximate surface area is 179 Å². The number of hydrogen-bond acceptors (Lipinski definition) is 5. The number of nitrogens with one attached hydrogen (secondary N) is 1. The van der Waals surface area contributed by atoms with Crippen molar-refractivity contribution in [3.05, 3.63) is 81.9 Å². The van der Waals surface area contributed by atoms with E-state index >= 15 is 0 Å². The largest absolute Gasteiger partial charge is 0.445 e. The number of thiazole rings is 1. The lowest BCUT2D eigenvalue weighted by Crippen LogP contribution is -2.48. The molecule has 0 radical (unpaired) electrons. The summed E-state index contributed by atoms with van der Waals surface area (Å²) in [5, 5.41) is 2.94. The number of ether oxygens (including phenoxy) is 1.